The van der Waals surface area contributed by atoms with Gasteiger partial charge in [0.2, 0.25) is 0 Å². The third-order valence-corrected chi connectivity index (χ3v) is 7.59. The highest BCUT2D eigenvalue weighted by atomic mass is 35.5. The Morgan fingerprint density at radius 3 is 2.19 bits per heavy atom. The van der Waals surface area contributed by atoms with Gasteiger partial charge in [-0.3, -0.25) is 0 Å². The van der Waals surface area contributed by atoms with Gasteiger partial charge in [-0.25, -0.2) is 4.98 Å². The summed E-state index contributed by atoms with van der Waals surface area (Å²) in [6.45, 7) is 0. The van der Waals surface area contributed by atoms with Crippen molar-refractivity contribution >= 4 is 34.3 Å². The Kier molecular flexibility index (Phi) is 6.42. The molecular formula is C32H24ClNOS. The molecule has 0 saturated carbocycles. The summed E-state index contributed by atoms with van der Waals surface area (Å²) in [5.74, 6) is 1.65. The molecule has 6 rings (SSSR count). The Labute approximate surface area is 220 Å². The van der Waals surface area contributed by atoms with Gasteiger partial charge in [-0.15, -0.1) is 11.3 Å². The van der Waals surface area contributed by atoms with Crippen LogP contribution in [0.25, 0.3) is 33.7 Å². The van der Waals surface area contributed by atoms with E-state index in [0.717, 1.165) is 58.2 Å². The molecule has 5 aromatic rings. The molecule has 1 aliphatic rings. The van der Waals surface area contributed by atoms with E-state index in [2.05, 4.69) is 78.2 Å². The first-order valence-corrected chi connectivity index (χ1v) is 13.4. The molecule has 0 radical (unpaired) electrons. The molecule has 176 valence electrons. The molecule has 36 heavy (non-hydrogen) atoms. The number of halogens is 1. The highest BCUT2D eigenvalue weighted by molar-refractivity contribution is 7.11. The third-order valence-electron chi connectivity index (χ3n) is 6.47. The van der Waals surface area contributed by atoms with Crippen LogP contribution in [0.2, 0.25) is 5.02 Å². The SMILES string of the molecule is Clc1ccc(O/C(=C2\CCCc3c(-c4ccccc4)cc(-c4ccccc4)nc32)c2cccs2)cc1. The number of aromatic nitrogens is 1. The Balaban J connectivity index is 1.60. The zero-order valence-electron chi connectivity index (χ0n) is 19.7. The van der Waals surface area contributed by atoms with Gasteiger partial charge in [0, 0.05) is 16.2 Å². The molecule has 0 unspecified atom stereocenters. The number of hydrogen-bond donors (Lipinski definition) is 0. The van der Waals surface area contributed by atoms with Gasteiger partial charge in [0.1, 0.15) is 11.5 Å². The predicted octanol–water partition coefficient (Wildman–Crippen LogP) is 9.41. The smallest absolute Gasteiger partial charge is 0.149 e. The Hall–Kier alpha value is -3.66. The molecule has 0 atom stereocenters. The number of pyridine rings is 1. The molecule has 4 heteroatoms. The van der Waals surface area contributed by atoms with Crippen LogP contribution in [0.5, 0.6) is 5.75 Å². The molecule has 2 nitrogen and oxygen atoms in total. The van der Waals surface area contributed by atoms with E-state index >= 15 is 0 Å². The van der Waals surface area contributed by atoms with Crippen molar-refractivity contribution in [3.8, 4) is 28.1 Å². The third kappa shape index (κ3) is 4.60. The van der Waals surface area contributed by atoms with Gasteiger partial charge >= 0.3 is 0 Å². The molecule has 0 bridgehead atoms. The summed E-state index contributed by atoms with van der Waals surface area (Å²) in [4.78, 5) is 6.38. The van der Waals surface area contributed by atoms with Crippen LogP contribution in [-0.2, 0) is 6.42 Å². The van der Waals surface area contributed by atoms with Crippen LogP contribution in [0.15, 0.2) is 109 Å². The molecule has 0 saturated heterocycles. The van der Waals surface area contributed by atoms with Crippen molar-refractivity contribution in [3.63, 3.8) is 0 Å². The Morgan fingerprint density at radius 2 is 1.50 bits per heavy atom. The lowest BCUT2D eigenvalue weighted by atomic mass is 9.84. The molecule has 0 aliphatic heterocycles. The number of benzene rings is 3. The zero-order chi connectivity index (χ0) is 24.3. The predicted molar refractivity (Wildman–Crippen MR) is 151 cm³/mol. The van der Waals surface area contributed by atoms with Crippen LogP contribution in [0, 0.1) is 0 Å². The van der Waals surface area contributed by atoms with E-state index in [1.807, 2.05) is 30.3 Å². The van der Waals surface area contributed by atoms with Gasteiger partial charge in [0.05, 0.1) is 16.3 Å². The van der Waals surface area contributed by atoms with Crippen LogP contribution in [0.1, 0.15) is 29.0 Å². The van der Waals surface area contributed by atoms with E-state index in [4.69, 9.17) is 21.3 Å². The van der Waals surface area contributed by atoms with E-state index in [0.29, 0.717) is 5.02 Å². The standard InChI is InChI=1S/C32H24ClNOS/c33-24-16-18-25(19-17-24)35-32(30-15-8-20-36-30)27-14-7-13-26-28(22-9-3-1-4-10-22)21-29(34-31(26)27)23-11-5-2-6-12-23/h1-6,8-12,15-21H,7,13-14H2/b32-27+. The first-order chi connectivity index (χ1) is 17.8. The van der Waals surface area contributed by atoms with Gasteiger partial charge in [0.25, 0.3) is 0 Å². The van der Waals surface area contributed by atoms with Gasteiger partial charge in [-0.2, -0.15) is 0 Å². The van der Waals surface area contributed by atoms with Crippen LogP contribution in [0.3, 0.4) is 0 Å². The monoisotopic (exact) mass is 505 g/mol. The topological polar surface area (TPSA) is 22.1 Å². The molecule has 0 amide bonds. The number of hydrogen-bond acceptors (Lipinski definition) is 3. The number of rotatable bonds is 5. The quantitative estimate of drug-likeness (QED) is 0.222. The van der Waals surface area contributed by atoms with Gasteiger partial charge in [0.15, 0.2) is 0 Å². The molecule has 1 aliphatic carbocycles. The summed E-state index contributed by atoms with van der Waals surface area (Å²) in [6.07, 6.45) is 2.95. The molecular weight excluding hydrogens is 482 g/mol. The van der Waals surface area contributed by atoms with E-state index in [9.17, 15) is 0 Å². The van der Waals surface area contributed by atoms with Crippen molar-refractivity contribution in [2.75, 3.05) is 0 Å². The number of fused-ring (bicyclic) bond motifs is 1. The van der Waals surface area contributed by atoms with E-state index < -0.39 is 0 Å². The van der Waals surface area contributed by atoms with Crippen molar-refractivity contribution in [1.29, 1.82) is 0 Å². The maximum Gasteiger partial charge on any atom is 0.149 e. The maximum absolute atomic E-state index is 6.59. The van der Waals surface area contributed by atoms with E-state index in [1.165, 1.54) is 16.7 Å². The minimum atomic E-state index is 0.692. The summed E-state index contributed by atoms with van der Waals surface area (Å²) in [7, 11) is 0. The average Bonchev–Trinajstić information content (AvgIpc) is 3.48. The molecule has 0 spiro atoms. The van der Waals surface area contributed by atoms with Crippen molar-refractivity contribution in [2.45, 2.75) is 19.3 Å². The fourth-order valence-corrected chi connectivity index (χ4v) is 5.64. The van der Waals surface area contributed by atoms with Crippen LogP contribution in [0.4, 0.5) is 0 Å². The second-order valence-electron chi connectivity index (χ2n) is 8.81. The number of allylic oxidation sites excluding steroid dienone is 1. The van der Waals surface area contributed by atoms with Crippen molar-refractivity contribution in [3.05, 3.63) is 130 Å². The molecule has 0 N–H and O–H groups in total. The number of ether oxygens (including phenoxy) is 1. The number of thiophene rings is 1. The van der Waals surface area contributed by atoms with Crippen LogP contribution in [-0.4, -0.2) is 4.98 Å². The second-order valence-corrected chi connectivity index (χ2v) is 10.2. The zero-order valence-corrected chi connectivity index (χ0v) is 21.2. The fraction of sp³-hybridized carbons (Fsp3) is 0.0938. The molecule has 2 aromatic heterocycles. The summed E-state index contributed by atoms with van der Waals surface area (Å²) < 4.78 is 6.59. The van der Waals surface area contributed by atoms with Crippen molar-refractivity contribution in [2.24, 2.45) is 0 Å². The Morgan fingerprint density at radius 1 is 0.778 bits per heavy atom. The fourth-order valence-electron chi connectivity index (χ4n) is 4.78. The lowest BCUT2D eigenvalue weighted by Crippen LogP contribution is -2.11. The molecule has 2 heterocycles. The Bertz CT molecular complexity index is 1510. The second kappa shape index (κ2) is 10.1. The van der Waals surface area contributed by atoms with Gasteiger partial charge in [-0.1, -0.05) is 78.3 Å². The van der Waals surface area contributed by atoms with Crippen LogP contribution < -0.4 is 4.74 Å². The van der Waals surface area contributed by atoms with E-state index in [-0.39, 0.29) is 0 Å². The van der Waals surface area contributed by atoms with Crippen molar-refractivity contribution < 1.29 is 4.74 Å². The lowest BCUT2D eigenvalue weighted by molar-refractivity contribution is 0.515. The number of nitrogens with zero attached hydrogens (tertiary/aromatic N) is 1. The normalized spacial score (nSPS) is 14.2. The van der Waals surface area contributed by atoms with E-state index in [1.54, 1.807) is 11.3 Å². The summed E-state index contributed by atoms with van der Waals surface area (Å²) in [6, 6.07) is 35.1. The first-order valence-electron chi connectivity index (χ1n) is 12.1. The van der Waals surface area contributed by atoms with Gasteiger partial charge < -0.3 is 4.74 Å². The summed E-state index contributed by atoms with van der Waals surface area (Å²) in [5.41, 5.74) is 8.03. The minimum absolute atomic E-state index is 0.692. The minimum Gasteiger partial charge on any atom is -0.456 e. The highest BCUT2D eigenvalue weighted by Gasteiger charge is 2.26. The lowest BCUT2D eigenvalue weighted by Gasteiger charge is -2.25. The largest absolute Gasteiger partial charge is 0.456 e. The summed E-state index contributed by atoms with van der Waals surface area (Å²) in [5, 5.41) is 2.78. The summed E-state index contributed by atoms with van der Waals surface area (Å²) >= 11 is 7.83. The van der Waals surface area contributed by atoms with Crippen molar-refractivity contribution in [1.82, 2.24) is 4.98 Å². The molecule has 0 fully saturated rings. The van der Waals surface area contributed by atoms with Gasteiger partial charge in [-0.05, 0) is 77.7 Å². The first kappa shape index (κ1) is 22.8. The highest BCUT2D eigenvalue weighted by Crippen LogP contribution is 2.42. The average molecular weight is 506 g/mol. The van der Waals surface area contributed by atoms with Crippen LogP contribution >= 0.6 is 22.9 Å². The maximum atomic E-state index is 6.59. The molecule has 3 aromatic carbocycles.